The number of fused-ring (bicyclic) bond motifs is 3. The van der Waals surface area contributed by atoms with Crippen molar-refractivity contribution in [2.45, 2.75) is 32.2 Å². The van der Waals surface area contributed by atoms with Crippen LogP contribution in [0.1, 0.15) is 37.3 Å². The van der Waals surface area contributed by atoms with E-state index >= 15 is 0 Å². The fraction of sp³-hybridized carbons (Fsp3) is 0.400. The first-order chi connectivity index (χ1) is 16.0. The van der Waals surface area contributed by atoms with Gasteiger partial charge < -0.3 is 25.8 Å². The summed E-state index contributed by atoms with van der Waals surface area (Å²) in [5.41, 5.74) is 4.48. The highest BCUT2D eigenvalue weighted by Crippen LogP contribution is 2.44. The molecule has 0 unspecified atom stereocenters. The second kappa shape index (κ2) is 11.5. The van der Waals surface area contributed by atoms with Crippen LogP contribution < -0.4 is 16.0 Å². The zero-order valence-electron chi connectivity index (χ0n) is 19.0. The third-order valence-electron chi connectivity index (χ3n) is 5.96. The molecule has 3 amide bonds. The maximum Gasteiger partial charge on any atom is 0.407 e. The van der Waals surface area contributed by atoms with Gasteiger partial charge in [-0.3, -0.25) is 9.59 Å². The Bertz CT molecular complexity index is 948. The number of carbonyl (C=O) groups is 3. The van der Waals surface area contributed by atoms with E-state index < -0.39 is 18.0 Å². The third-order valence-corrected chi connectivity index (χ3v) is 5.96. The number of rotatable bonds is 10. The van der Waals surface area contributed by atoms with Crippen molar-refractivity contribution in [1.29, 1.82) is 0 Å². The van der Waals surface area contributed by atoms with E-state index in [1.165, 1.54) is 0 Å². The van der Waals surface area contributed by atoms with Gasteiger partial charge in [-0.15, -0.1) is 0 Å². The van der Waals surface area contributed by atoms with Gasteiger partial charge in [-0.1, -0.05) is 68.8 Å². The van der Waals surface area contributed by atoms with Crippen LogP contribution in [0.25, 0.3) is 11.1 Å². The molecule has 8 nitrogen and oxygen atoms in total. The molecule has 0 saturated heterocycles. The molecule has 0 spiro atoms. The van der Waals surface area contributed by atoms with E-state index in [2.05, 4.69) is 28.1 Å². The van der Waals surface area contributed by atoms with Gasteiger partial charge in [-0.05, 0) is 28.2 Å². The Morgan fingerprint density at radius 3 is 2.18 bits per heavy atom. The fourth-order valence-electron chi connectivity index (χ4n) is 4.02. The largest absolute Gasteiger partial charge is 0.449 e. The molecule has 0 aliphatic heterocycles. The number of ether oxygens (including phenoxy) is 1. The monoisotopic (exact) mass is 453 g/mol. The Labute approximate surface area is 193 Å². The van der Waals surface area contributed by atoms with Gasteiger partial charge >= 0.3 is 6.09 Å². The summed E-state index contributed by atoms with van der Waals surface area (Å²) in [6.45, 7) is 3.54. The Kier molecular flexibility index (Phi) is 8.43. The lowest BCUT2D eigenvalue weighted by atomic mass is 9.98. The van der Waals surface area contributed by atoms with E-state index in [9.17, 15) is 14.4 Å². The van der Waals surface area contributed by atoms with Crippen LogP contribution in [0.5, 0.6) is 0 Å². The average molecular weight is 454 g/mol. The first-order valence-electron chi connectivity index (χ1n) is 11.2. The molecule has 0 fully saturated rings. The quantitative estimate of drug-likeness (QED) is 0.440. The zero-order chi connectivity index (χ0) is 23.8. The van der Waals surface area contributed by atoms with Crippen molar-refractivity contribution >= 4 is 17.9 Å². The molecule has 0 aromatic heterocycles. The van der Waals surface area contributed by atoms with E-state index in [0.717, 1.165) is 22.3 Å². The summed E-state index contributed by atoms with van der Waals surface area (Å²) in [6, 6.07) is 15.3. The number of benzene rings is 2. The Balaban J connectivity index is 1.52. The van der Waals surface area contributed by atoms with Crippen molar-refractivity contribution in [1.82, 2.24) is 16.0 Å². The molecule has 176 valence electrons. The van der Waals surface area contributed by atoms with E-state index in [1.807, 2.05) is 50.2 Å². The minimum absolute atomic E-state index is 0.0676. The summed E-state index contributed by atoms with van der Waals surface area (Å²) < 4.78 is 5.43. The lowest BCUT2D eigenvalue weighted by Gasteiger charge is -2.23. The van der Waals surface area contributed by atoms with Crippen molar-refractivity contribution in [3.8, 4) is 11.1 Å². The molecule has 2 aromatic carbocycles. The van der Waals surface area contributed by atoms with Crippen molar-refractivity contribution < 1.29 is 24.2 Å². The predicted molar refractivity (Wildman–Crippen MR) is 125 cm³/mol. The second-order valence-electron chi connectivity index (χ2n) is 8.12. The molecule has 0 heterocycles. The molecule has 33 heavy (non-hydrogen) atoms. The first-order valence-corrected chi connectivity index (χ1v) is 11.2. The number of aliphatic hydroxyl groups excluding tert-OH is 1. The lowest BCUT2D eigenvalue weighted by molar-refractivity contribution is -0.129. The van der Waals surface area contributed by atoms with Gasteiger partial charge in [-0.25, -0.2) is 4.79 Å². The van der Waals surface area contributed by atoms with Crippen molar-refractivity contribution in [3.63, 3.8) is 0 Å². The van der Waals surface area contributed by atoms with Crippen molar-refractivity contribution in [3.05, 3.63) is 59.7 Å². The molecule has 4 N–H and O–H groups in total. The Hall–Kier alpha value is -3.39. The van der Waals surface area contributed by atoms with E-state index in [1.54, 1.807) is 0 Å². The van der Waals surface area contributed by atoms with Gasteiger partial charge in [0, 0.05) is 12.5 Å². The van der Waals surface area contributed by atoms with Gasteiger partial charge in [0.15, 0.2) is 0 Å². The Morgan fingerprint density at radius 2 is 1.61 bits per heavy atom. The number of nitrogens with one attached hydrogen (secondary N) is 3. The van der Waals surface area contributed by atoms with Gasteiger partial charge in [0.1, 0.15) is 19.2 Å². The number of carbonyl (C=O) groups excluding carboxylic acids is 3. The number of alkyl carbamates (subject to hydrolysis) is 1. The number of amides is 3. The molecule has 0 bridgehead atoms. The molecular weight excluding hydrogens is 422 g/mol. The zero-order valence-corrected chi connectivity index (χ0v) is 19.0. The van der Waals surface area contributed by atoms with Crippen LogP contribution in [-0.4, -0.2) is 55.4 Å². The average Bonchev–Trinajstić information content (AvgIpc) is 3.16. The van der Waals surface area contributed by atoms with E-state index in [-0.39, 0.29) is 44.0 Å². The molecule has 8 heteroatoms. The van der Waals surface area contributed by atoms with Crippen molar-refractivity contribution in [2.75, 3.05) is 26.3 Å². The molecule has 3 rings (SSSR count). The van der Waals surface area contributed by atoms with Gasteiger partial charge in [0.25, 0.3) is 0 Å². The summed E-state index contributed by atoms with van der Waals surface area (Å²) in [5, 5.41) is 16.6. The molecule has 0 radical (unpaired) electrons. The number of hydrogen-bond donors (Lipinski definition) is 4. The van der Waals surface area contributed by atoms with Gasteiger partial charge in [0.05, 0.1) is 6.61 Å². The van der Waals surface area contributed by atoms with Crippen LogP contribution in [0.4, 0.5) is 4.79 Å². The van der Waals surface area contributed by atoms with Crippen LogP contribution in [0.3, 0.4) is 0 Å². The minimum Gasteiger partial charge on any atom is -0.449 e. The molecule has 0 saturated carbocycles. The van der Waals surface area contributed by atoms with Crippen LogP contribution >= 0.6 is 0 Å². The van der Waals surface area contributed by atoms with E-state index in [4.69, 9.17) is 9.84 Å². The number of aliphatic hydroxyl groups is 1. The fourth-order valence-corrected chi connectivity index (χ4v) is 4.02. The highest BCUT2D eigenvalue weighted by atomic mass is 16.5. The molecular formula is C25H31N3O5. The molecule has 2 atom stereocenters. The summed E-state index contributed by atoms with van der Waals surface area (Å²) in [6.07, 6.45) is -0.0195. The maximum absolute atomic E-state index is 12.3. The lowest BCUT2D eigenvalue weighted by Crippen LogP contribution is -2.52. The molecule has 1 aliphatic carbocycles. The summed E-state index contributed by atoms with van der Waals surface area (Å²) >= 11 is 0. The smallest absolute Gasteiger partial charge is 0.407 e. The SMILES string of the molecule is CC[C@H](C)[C@H](NC(=O)CNC(=O)OCC1c2ccccc2-c2ccccc21)C(=O)NCCO. The van der Waals surface area contributed by atoms with Crippen LogP contribution in [-0.2, 0) is 14.3 Å². The Morgan fingerprint density at radius 1 is 1.00 bits per heavy atom. The van der Waals surface area contributed by atoms with E-state index in [0.29, 0.717) is 6.42 Å². The molecule has 1 aliphatic rings. The van der Waals surface area contributed by atoms with Gasteiger partial charge in [-0.2, -0.15) is 0 Å². The highest BCUT2D eigenvalue weighted by molar-refractivity contribution is 5.89. The molecule has 2 aromatic rings. The highest BCUT2D eigenvalue weighted by Gasteiger charge is 2.29. The second-order valence-corrected chi connectivity index (χ2v) is 8.12. The minimum atomic E-state index is -0.752. The summed E-state index contributed by atoms with van der Waals surface area (Å²) in [5.74, 6) is -1.04. The maximum atomic E-state index is 12.3. The predicted octanol–water partition coefficient (Wildman–Crippen LogP) is 2.16. The van der Waals surface area contributed by atoms with Gasteiger partial charge in [0.2, 0.25) is 11.8 Å². The first kappa shape index (κ1) is 24.3. The van der Waals surface area contributed by atoms with Crippen molar-refractivity contribution in [2.24, 2.45) is 5.92 Å². The standard InChI is InChI=1S/C25H31N3O5/c1-3-16(2)23(24(31)26-12-13-29)28-22(30)14-27-25(32)33-15-21-19-10-6-4-8-17(19)18-9-5-7-11-20(18)21/h4-11,16,21,23,29H,3,12-15H2,1-2H3,(H,26,31)(H,27,32)(H,28,30)/t16-,23-/m0/s1. The number of hydrogen-bond acceptors (Lipinski definition) is 5. The third kappa shape index (κ3) is 5.90. The topological polar surface area (TPSA) is 117 Å². The van der Waals surface area contributed by atoms with Crippen LogP contribution in [0, 0.1) is 5.92 Å². The summed E-state index contributed by atoms with van der Waals surface area (Å²) in [7, 11) is 0. The summed E-state index contributed by atoms with van der Waals surface area (Å²) in [4.78, 5) is 36.9. The van der Waals surface area contributed by atoms with Crippen LogP contribution in [0.2, 0.25) is 0 Å². The van der Waals surface area contributed by atoms with Crippen LogP contribution in [0.15, 0.2) is 48.5 Å². The normalized spacial score (nSPS) is 13.9.